The van der Waals surface area contributed by atoms with Crippen LogP contribution in [0.4, 0.5) is 10.1 Å². The maximum atomic E-state index is 13.5. The number of hydrogen-bond acceptors (Lipinski definition) is 6. The van der Waals surface area contributed by atoms with E-state index in [9.17, 15) is 4.39 Å². The van der Waals surface area contributed by atoms with Crippen molar-refractivity contribution in [1.29, 1.82) is 0 Å². The van der Waals surface area contributed by atoms with Crippen LogP contribution in [0.2, 0.25) is 0 Å². The van der Waals surface area contributed by atoms with E-state index < -0.39 is 0 Å². The highest BCUT2D eigenvalue weighted by Crippen LogP contribution is 2.29. The zero-order valence-electron chi connectivity index (χ0n) is 20.3. The largest absolute Gasteiger partial charge is 0.492 e. The summed E-state index contributed by atoms with van der Waals surface area (Å²) in [7, 11) is 4.03. The van der Waals surface area contributed by atoms with Crippen LogP contribution in [0.1, 0.15) is 25.7 Å². The van der Waals surface area contributed by atoms with Crippen molar-refractivity contribution in [2.75, 3.05) is 51.8 Å². The predicted molar refractivity (Wildman–Crippen MR) is 136 cm³/mol. The molecule has 1 aromatic heterocycles. The molecule has 7 nitrogen and oxygen atoms in total. The highest BCUT2D eigenvalue weighted by atomic mass is 32.1. The molecule has 0 saturated carbocycles. The Morgan fingerprint density at radius 1 is 1.06 bits per heavy atom. The molecule has 3 aromatic rings. The molecule has 2 heterocycles. The van der Waals surface area contributed by atoms with Gasteiger partial charge in [-0.05, 0) is 76.6 Å². The minimum Gasteiger partial charge on any atom is -0.492 e. The Balaban J connectivity index is 1.53. The number of rotatable bonds is 8. The number of para-hydroxylation sites is 2. The van der Waals surface area contributed by atoms with Crippen molar-refractivity contribution in [3.05, 3.63) is 64.9 Å². The Kier molecular flexibility index (Phi) is 7.65. The van der Waals surface area contributed by atoms with Crippen molar-refractivity contribution in [2.45, 2.75) is 26.6 Å². The van der Waals surface area contributed by atoms with Crippen LogP contribution >= 0.6 is 12.2 Å². The molecule has 1 saturated heterocycles. The highest BCUT2D eigenvalue weighted by molar-refractivity contribution is 7.71. The SMILES string of the molecule is CCOc1ccccc1N1CCN(Cn2nc(C(C)N(C)C)n(-c3ccc(F)cc3)c2=S)CC1. The maximum absolute atomic E-state index is 13.5. The molecular formula is C25H33FN6OS. The molecule has 0 aliphatic carbocycles. The van der Waals surface area contributed by atoms with Gasteiger partial charge < -0.3 is 9.64 Å². The van der Waals surface area contributed by atoms with Crippen LogP contribution in [-0.2, 0) is 6.67 Å². The van der Waals surface area contributed by atoms with Gasteiger partial charge in [0.05, 0.1) is 25.0 Å². The second-order valence-electron chi connectivity index (χ2n) is 8.74. The minimum absolute atomic E-state index is 0.0416. The molecule has 1 atom stereocenters. The van der Waals surface area contributed by atoms with Gasteiger partial charge in [0.15, 0.2) is 5.82 Å². The van der Waals surface area contributed by atoms with Gasteiger partial charge in [0.1, 0.15) is 11.6 Å². The van der Waals surface area contributed by atoms with E-state index in [1.165, 1.54) is 12.1 Å². The first-order valence-corrected chi connectivity index (χ1v) is 12.1. The number of piperazine rings is 1. The number of benzene rings is 2. The molecule has 9 heteroatoms. The first kappa shape index (κ1) is 24.4. The summed E-state index contributed by atoms with van der Waals surface area (Å²) in [5.74, 6) is 1.50. The van der Waals surface area contributed by atoms with Crippen LogP contribution in [0.25, 0.3) is 5.69 Å². The van der Waals surface area contributed by atoms with Crippen molar-refractivity contribution in [1.82, 2.24) is 24.1 Å². The lowest BCUT2D eigenvalue weighted by molar-refractivity contribution is 0.192. The number of ether oxygens (including phenoxy) is 1. The summed E-state index contributed by atoms with van der Waals surface area (Å²) >= 11 is 5.85. The lowest BCUT2D eigenvalue weighted by atomic mass is 10.2. The Bertz CT molecular complexity index is 1150. The van der Waals surface area contributed by atoms with E-state index in [4.69, 9.17) is 22.1 Å². The molecule has 0 amide bonds. The first-order chi connectivity index (χ1) is 16.4. The molecular weight excluding hydrogens is 451 g/mol. The third-order valence-corrected chi connectivity index (χ3v) is 6.70. The summed E-state index contributed by atoms with van der Waals surface area (Å²) in [4.78, 5) is 6.83. The van der Waals surface area contributed by atoms with Gasteiger partial charge in [-0.25, -0.2) is 9.07 Å². The number of aromatic nitrogens is 3. The molecule has 2 aromatic carbocycles. The van der Waals surface area contributed by atoms with Crippen LogP contribution in [0.15, 0.2) is 48.5 Å². The summed E-state index contributed by atoms with van der Waals surface area (Å²) < 4.78 is 23.8. The fourth-order valence-corrected chi connectivity index (χ4v) is 4.46. The van der Waals surface area contributed by atoms with E-state index in [1.54, 1.807) is 12.1 Å². The smallest absolute Gasteiger partial charge is 0.203 e. The Morgan fingerprint density at radius 3 is 2.38 bits per heavy atom. The van der Waals surface area contributed by atoms with E-state index in [-0.39, 0.29) is 11.9 Å². The van der Waals surface area contributed by atoms with Gasteiger partial charge in [0.25, 0.3) is 0 Å². The van der Waals surface area contributed by atoms with E-state index in [1.807, 2.05) is 42.4 Å². The topological polar surface area (TPSA) is 41.7 Å². The van der Waals surface area contributed by atoms with Crippen molar-refractivity contribution in [3.8, 4) is 11.4 Å². The van der Waals surface area contributed by atoms with Crippen LogP contribution < -0.4 is 9.64 Å². The summed E-state index contributed by atoms with van der Waals surface area (Å²) in [5, 5.41) is 4.90. The fourth-order valence-electron chi connectivity index (χ4n) is 4.17. The molecule has 4 rings (SSSR count). The van der Waals surface area contributed by atoms with Crippen molar-refractivity contribution in [2.24, 2.45) is 0 Å². The van der Waals surface area contributed by atoms with E-state index in [0.717, 1.165) is 49.1 Å². The Morgan fingerprint density at radius 2 is 1.74 bits per heavy atom. The summed E-state index contributed by atoms with van der Waals surface area (Å²) in [6.07, 6.45) is 0. The summed E-state index contributed by atoms with van der Waals surface area (Å²) in [6.45, 7) is 8.95. The van der Waals surface area contributed by atoms with Crippen LogP contribution in [-0.4, -0.2) is 71.0 Å². The number of hydrogen-bond donors (Lipinski definition) is 0. The molecule has 1 unspecified atom stereocenters. The van der Waals surface area contributed by atoms with Gasteiger partial charge in [0, 0.05) is 31.9 Å². The van der Waals surface area contributed by atoms with Crippen molar-refractivity contribution >= 4 is 17.9 Å². The molecule has 1 aliphatic heterocycles. The number of halogens is 1. The minimum atomic E-state index is -0.270. The third kappa shape index (κ3) is 5.16. The number of nitrogens with zero attached hydrogens (tertiary/aromatic N) is 6. The zero-order chi connectivity index (χ0) is 24.2. The molecule has 182 valence electrons. The monoisotopic (exact) mass is 484 g/mol. The van der Waals surface area contributed by atoms with E-state index in [0.29, 0.717) is 18.0 Å². The fraction of sp³-hybridized carbons (Fsp3) is 0.440. The van der Waals surface area contributed by atoms with E-state index >= 15 is 0 Å². The Hall–Kier alpha value is -2.75. The lowest BCUT2D eigenvalue weighted by Crippen LogP contribution is -2.47. The van der Waals surface area contributed by atoms with Crippen LogP contribution in [0.5, 0.6) is 5.75 Å². The molecule has 0 radical (unpaired) electrons. The average molecular weight is 485 g/mol. The molecule has 0 bridgehead atoms. The second kappa shape index (κ2) is 10.7. The van der Waals surface area contributed by atoms with Gasteiger partial charge >= 0.3 is 0 Å². The molecule has 34 heavy (non-hydrogen) atoms. The molecule has 0 N–H and O–H groups in total. The van der Waals surface area contributed by atoms with Gasteiger partial charge in [-0.1, -0.05) is 12.1 Å². The van der Waals surface area contributed by atoms with Crippen LogP contribution in [0.3, 0.4) is 0 Å². The first-order valence-electron chi connectivity index (χ1n) is 11.7. The lowest BCUT2D eigenvalue weighted by Gasteiger charge is -2.36. The van der Waals surface area contributed by atoms with Gasteiger partial charge in [-0.3, -0.25) is 14.4 Å². The molecule has 1 fully saturated rings. The third-order valence-electron chi connectivity index (χ3n) is 6.31. The number of anilines is 1. The molecule has 0 spiro atoms. The quantitative estimate of drug-likeness (QED) is 0.443. The highest BCUT2D eigenvalue weighted by Gasteiger charge is 2.23. The van der Waals surface area contributed by atoms with Gasteiger partial charge in [-0.15, -0.1) is 0 Å². The van der Waals surface area contributed by atoms with Gasteiger partial charge in [-0.2, -0.15) is 5.10 Å². The predicted octanol–water partition coefficient (Wildman–Crippen LogP) is 4.34. The summed E-state index contributed by atoms with van der Waals surface area (Å²) in [6, 6.07) is 14.7. The zero-order valence-corrected chi connectivity index (χ0v) is 21.1. The summed E-state index contributed by atoms with van der Waals surface area (Å²) in [5.41, 5.74) is 1.96. The van der Waals surface area contributed by atoms with E-state index in [2.05, 4.69) is 33.8 Å². The standard InChI is InChI=1S/C25H33FN6OS/c1-5-33-23-9-7-6-8-22(23)30-16-14-29(15-17-30)18-31-25(34)32(21-12-10-20(26)11-13-21)24(27-31)19(2)28(3)4/h6-13,19H,5,14-18H2,1-4H3. The normalized spacial score (nSPS) is 15.6. The maximum Gasteiger partial charge on any atom is 0.203 e. The van der Waals surface area contributed by atoms with Crippen LogP contribution in [0, 0.1) is 10.6 Å². The Labute approximate surface area is 206 Å². The van der Waals surface area contributed by atoms with Crippen molar-refractivity contribution in [3.63, 3.8) is 0 Å². The van der Waals surface area contributed by atoms with Crippen molar-refractivity contribution < 1.29 is 9.13 Å². The molecule has 1 aliphatic rings. The second-order valence-corrected chi connectivity index (χ2v) is 9.10. The van der Waals surface area contributed by atoms with Gasteiger partial charge in [0.2, 0.25) is 4.77 Å². The average Bonchev–Trinajstić information content (AvgIpc) is 3.16.